The maximum atomic E-state index is 11.6. The van der Waals surface area contributed by atoms with Gasteiger partial charge < -0.3 is 4.98 Å². The van der Waals surface area contributed by atoms with Gasteiger partial charge in [-0.05, 0) is 23.5 Å². The molecule has 0 spiro atoms. The first kappa shape index (κ1) is 16.6. The van der Waals surface area contributed by atoms with Crippen molar-refractivity contribution in [2.75, 3.05) is 11.5 Å². The van der Waals surface area contributed by atoms with Crippen molar-refractivity contribution in [1.82, 2.24) is 9.97 Å². The molecule has 1 aromatic heterocycles. The number of aryl methyl sites for hydroxylation is 1. The molecule has 0 aliphatic carbocycles. The number of thiol groups is 1. The fraction of sp³-hybridized carbons (Fsp3) is 0.714. The lowest BCUT2D eigenvalue weighted by atomic mass is 9.83. The summed E-state index contributed by atoms with van der Waals surface area (Å²) in [7, 11) is 0. The van der Waals surface area contributed by atoms with Crippen molar-refractivity contribution < 1.29 is 0 Å². The van der Waals surface area contributed by atoms with Gasteiger partial charge in [0.15, 0.2) is 5.16 Å². The molecule has 1 aromatic rings. The van der Waals surface area contributed by atoms with E-state index in [0.717, 1.165) is 35.2 Å². The van der Waals surface area contributed by atoms with Gasteiger partial charge >= 0.3 is 0 Å². The van der Waals surface area contributed by atoms with Crippen LogP contribution in [0.1, 0.15) is 39.8 Å². The molecule has 0 aromatic carbocycles. The number of rotatable bonds is 6. The van der Waals surface area contributed by atoms with Gasteiger partial charge in [-0.2, -0.15) is 12.6 Å². The SMILES string of the molecule is CCCc1cc(=O)[nH]c(SCC(CS)C(C)(C)C)n1. The number of aromatic amines is 1. The number of H-pyrrole nitrogens is 1. The second-order valence-electron chi connectivity index (χ2n) is 5.85. The maximum absolute atomic E-state index is 11.6. The lowest BCUT2D eigenvalue weighted by molar-refractivity contribution is 0.294. The van der Waals surface area contributed by atoms with Crippen LogP contribution < -0.4 is 5.56 Å². The van der Waals surface area contributed by atoms with Crippen LogP contribution in [0.2, 0.25) is 0 Å². The molecule has 0 saturated heterocycles. The van der Waals surface area contributed by atoms with Crippen molar-refractivity contribution in [2.24, 2.45) is 11.3 Å². The third kappa shape index (κ3) is 5.61. The molecule has 3 nitrogen and oxygen atoms in total. The molecule has 1 N–H and O–H groups in total. The summed E-state index contributed by atoms with van der Waals surface area (Å²) in [6.45, 7) is 8.75. The summed E-state index contributed by atoms with van der Waals surface area (Å²) in [6.07, 6.45) is 1.86. The van der Waals surface area contributed by atoms with Crippen molar-refractivity contribution in [3.8, 4) is 0 Å². The van der Waals surface area contributed by atoms with Crippen LogP contribution in [-0.2, 0) is 6.42 Å². The largest absolute Gasteiger partial charge is 0.301 e. The zero-order valence-corrected chi connectivity index (χ0v) is 13.9. The molecule has 0 saturated carbocycles. The summed E-state index contributed by atoms with van der Waals surface area (Å²) >= 11 is 6.04. The number of hydrogen-bond donors (Lipinski definition) is 2. The van der Waals surface area contributed by atoms with Crippen LogP contribution >= 0.6 is 24.4 Å². The highest BCUT2D eigenvalue weighted by molar-refractivity contribution is 7.99. The van der Waals surface area contributed by atoms with Crippen LogP contribution in [-0.4, -0.2) is 21.5 Å². The number of aromatic nitrogens is 2. The Hall–Kier alpha value is -0.420. The third-order valence-electron chi connectivity index (χ3n) is 3.15. The molecule has 1 atom stereocenters. The summed E-state index contributed by atoms with van der Waals surface area (Å²) in [6, 6.07) is 1.59. The van der Waals surface area contributed by atoms with Gasteiger partial charge in [-0.1, -0.05) is 45.9 Å². The number of nitrogens with one attached hydrogen (secondary N) is 1. The first-order valence-corrected chi connectivity index (χ1v) is 8.32. The quantitative estimate of drug-likeness (QED) is 0.481. The van der Waals surface area contributed by atoms with Gasteiger partial charge in [-0.15, -0.1) is 0 Å². The molecule has 1 unspecified atom stereocenters. The van der Waals surface area contributed by atoms with Crippen molar-refractivity contribution in [3.63, 3.8) is 0 Å². The Kier molecular flexibility index (Phi) is 6.47. The lowest BCUT2D eigenvalue weighted by Gasteiger charge is -2.28. The van der Waals surface area contributed by atoms with E-state index in [1.165, 1.54) is 0 Å². The van der Waals surface area contributed by atoms with E-state index in [1.54, 1.807) is 17.8 Å². The average molecular weight is 300 g/mol. The molecule has 108 valence electrons. The van der Waals surface area contributed by atoms with Gasteiger partial charge in [-0.25, -0.2) is 4.98 Å². The molecule has 0 amide bonds. The summed E-state index contributed by atoms with van der Waals surface area (Å²) < 4.78 is 0. The fourth-order valence-electron chi connectivity index (χ4n) is 1.69. The zero-order chi connectivity index (χ0) is 14.5. The lowest BCUT2D eigenvalue weighted by Crippen LogP contribution is -2.24. The molecule has 19 heavy (non-hydrogen) atoms. The highest BCUT2D eigenvalue weighted by Crippen LogP contribution is 2.31. The molecule has 0 fully saturated rings. The highest BCUT2D eigenvalue weighted by Gasteiger charge is 2.23. The van der Waals surface area contributed by atoms with Crippen LogP contribution in [0.15, 0.2) is 16.0 Å². The van der Waals surface area contributed by atoms with Gasteiger partial charge in [0.25, 0.3) is 5.56 Å². The first-order chi connectivity index (χ1) is 8.86. The Morgan fingerprint density at radius 3 is 2.68 bits per heavy atom. The normalized spacial score (nSPS) is 13.5. The minimum absolute atomic E-state index is 0.0564. The summed E-state index contributed by atoms with van der Waals surface area (Å²) in [4.78, 5) is 18.9. The monoisotopic (exact) mass is 300 g/mol. The maximum Gasteiger partial charge on any atom is 0.251 e. The summed E-state index contributed by atoms with van der Waals surface area (Å²) in [5.41, 5.74) is 1.04. The standard InChI is InChI=1S/C14H24N2OS2/c1-5-6-11-7-12(17)16-13(15-11)19-9-10(8-18)14(2,3)4/h7,10,18H,5-6,8-9H2,1-4H3,(H,15,16,17). The molecule has 1 heterocycles. The average Bonchev–Trinajstić information content (AvgIpc) is 2.27. The highest BCUT2D eigenvalue weighted by atomic mass is 32.2. The Morgan fingerprint density at radius 2 is 2.16 bits per heavy atom. The van der Waals surface area contributed by atoms with E-state index >= 15 is 0 Å². The summed E-state index contributed by atoms with van der Waals surface area (Å²) in [5, 5.41) is 0.729. The molecule has 1 rings (SSSR count). The second-order valence-corrected chi connectivity index (χ2v) is 7.22. The molecule has 5 heteroatoms. The minimum Gasteiger partial charge on any atom is -0.301 e. The Morgan fingerprint density at radius 1 is 1.47 bits per heavy atom. The van der Waals surface area contributed by atoms with Crippen LogP contribution in [0, 0.1) is 11.3 Å². The molecule has 0 bridgehead atoms. The summed E-state index contributed by atoms with van der Waals surface area (Å²) in [5.74, 6) is 2.25. The van der Waals surface area contributed by atoms with E-state index in [1.807, 2.05) is 0 Å². The van der Waals surface area contributed by atoms with E-state index in [4.69, 9.17) is 0 Å². The molecule has 0 radical (unpaired) electrons. The van der Waals surface area contributed by atoms with Gasteiger partial charge in [0.05, 0.1) is 0 Å². The van der Waals surface area contributed by atoms with Crippen LogP contribution in [0.5, 0.6) is 0 Å². The molecular weight excluding hydrogens is 276 g/mol. The van der Waals surface area contributed by atoms with E-state index in [0.29, 0.717) is 5.92 Å². The predicted octanol–water partition coefficient (Wildman–Crippen LogP) is 3.41. The van der Waals surface area contributed by atoms with Crippen molar-refractivity contribution >= 4 is 24.4 Å². The number of thioether (sulfide) groups is 1. The van der Waals surface area contributed by atoms with Gasteiger partial charge in [0.2, 0.25) is 0 Å². The van der Waals surface area contributed by atoms with Crippen molar-refractivity contribution in [3.05, 3.63) is 22.1 Å². The number of hydrogen-bond acceptors (Lipinski definition) is 4. The van der Waals surface area contributed by atoms with Crippen LogP contribution in [0.4, 0.5) is 0 Å². The minimum atomic E-state index is -0.0564. The van der Waals surface area contributed by atoms with E-state index in [2.05, 4.69) is 50.3 Å². The van der Waals surface area contributed by atoms with Gasteiger partial charge in [0, 0.05) is 17.5 Å². The topological polar surface area (TPSA) is 45.8 Å². The second kappa shape index (κ2) is 7.39. The Labute approximate surface area is 125 Å². The molecule has 0 aliphatic heterocycles. The third-order valence-corrected chi connectivity index (χ3v) is 4.62. The Balaban J connectivity index is 2.74. The fourth-order valence-corrected chi connectivity index (χ4v) is 3.88. The Bertz CT molecular complexity index is 451. The van der Waals surface area contributed by atoms with Gasteiger partial charge in [-0.3, -0.25) is 4.79 Å². The van der Waals surface area contributed by atoms with E-state index in [-0.39, 0.29) is 11.0 Å². The molecular formula is C14H24N2OS2. The zero-order valence-electron chi connectivity index (χ0n) is 12.2. The number of nitrogens with zero attached hydrogens (tertiary/aromatic N) is 1. The van der Waals surface area contributed by atoms with E-state index < -0.39 is 0 Å². The van der Waals surface area contributed by atoms with E-state index in [9.17, 15) is 4.79 Å². The van der Waals surface area contributed by atoms with Crippen LogP contribution in [0.25, 0.3) is 0 Å². The van der Waals surface area contributed by atoms with Gasteiger partial charge in [0.1, 0.15) is 0 Å². The van der Waals surface area contributed by atoms with Crippen molar-refractivity contribution in [1.29, 1.82) is 0 Å². The first-order valence-electron chi connectivity index (χ1n) is 6.70. The van der Waals surface area contributed by atoms with Crippen LogP contribution in [0.3, 0.4) is 0 Å². The molecule has 0 aliphatic rings. The smallest absolute Gasteiger partial charge is 0.251 e. The predicted molar refractivity (Wildman–Crippen MR) is 86.4 cm³/mol. The van der Waals surface area contributed by atoms with Crippen molar-refractivity contribution in [2.45, 2.75) is 45.7 Å².